The lowest BCUT2D eigenvalue weighted by molar-refractivity contribution is 0.102. The van der Waals surface area contributed by atoms with E-state index in [4.69, 9.17) is 22.7 Å². The predicted octanol–water partition coefficient (Wildman–Crippen LogP) is 1.65. The molecule has 0 spiro atoms. The van der Waals surface area contributed by atoms with Crippen LogP contribution in [0.2, 0.25) is 0 Å². The second-order valence-corrected chi connectivity index (χ2v) is 5.03. The third-order valence-electron chi connectivity index (χ3n) is 2.95. The number of hydrogen-bond acceptors (Lipinski definition) is 4. The number of aromatic nitrogens is 2. The first-order valence-corrected chi connectivity index (χ1v) is 6.69. The Labute approximate surface area is 127 Å². The van der Waals surface area contributed by atoms with Crippen LogP contribution in [0, 0.1) is 6.92 Å². The van der Waals surface area contributed by atoms with Crippen molar-refractivity contribution in [2.45, 2.75) is 6.92 Å². The molecule has 1 amide bonds. The fourth-order valence-corrected chi connectivity index (χ4v) is 1.80. The summed E-state index contributed by atoms with van der Waals surface area (Å²) in [5.74, 6) is 0.371. The normalized spacial score (nSPS) is 10.2. The van der Waals surface area contributed by atoms with Crippen LogP contribution < -0.4 is 15.8 Å². The minimum atomic E-state index is -0.216. The van der Waals surface area contributed by atoms with E-state index in [1.165, 1.54) is 6.20 Å². The highest BCUT2D eigenvalue weighted by molar-refractivity contribution is 7.80. The molecule has 6 nitrogen and oxygen atoms in total. The molecule has 3 N–H and O–H groups in total. The van der Waals surface area contributed by atoms with Gasteiger partial charge in [0, 0.05) is 24.5 Å². The molecule has 0 aliphatic carbocycles. The number of nitrogens with two attached hydrogens (primary N) is 1. The van der Waals surface area contributed by atoms with Gasteiger partial charge in [-0.2, -0.15) is 5.10 Å². The van der Waals surface area contributed by atoms with E-state index in [2.05, 4.69) is 10.4 Å². The van der Waals surface area contributed by atoms with Gasteiger partial charge in [-0.1, -0.05) is 18.3 Å². The topological polar surface area (TPSA) is 82.2 Å². The number of amides is 1. The monoisotopic (exact) mass is 304 g/mol. The fraction of sp³-hybridized carbons (Fsp3) is 0.214. The fourth-order valence-electron chi connectivity index (χ4n) is 1.74. The number of nitrogens with one attached hydrogen (secondary N) is 1. The summed E-state index contributed by atoms with van der Waals surface area (Å²) in [6, 6.07) is 7.03. The van der Waals surface area contributed by atoms with E-state index in [-0.39, 0.29) is 17.5 Å². The second-order valence-electron chi connectivity index (χ2n) is 4.50. The number of carbonyl (C=O) groups excluding carboxylic acids is 1. The summed E-state index contributed by atoms with van der Waals surface area (Å²) in [4.78, 5) is 12.5. The van der Waals surface area contributed by atoms with Gasteiger partial charge in [-0.15, -0.1) is 0 Å². The molecule has 0 aliphatic heterocycles. The molecule has 7 heteroatoms. The highest BCUT2D eigenvalue weighted by Crippen LogP contribution is 2.18. The summed E-state index contributed by atoms with van der Waals surface area (Å²) in [6.07, 6.45) is 1.54. The van der Waals surface area contributed by atoms with Gasteiger partial charge in [0.05, 0.1) is 11.8 Å². The van der Waals surface area contributed by atoms with Crippen molar-refractivity contribution >= 4 is 28.8 Å². The number of hydrogen-bond donors (Lipinski definition) is 2. The number of nitrogens with zero attached hydrogens (tertiary/aromatic N) is 2. The summed E-state index contributed by atoms with van der Waals surface area (Å²) in [6.45, 7) is 2.00. The van der Waals surface area contributed by atoms with Gasteiger partial charge in [0.15, 0.2) is 0 Å². The summed E-state index contributed by atoms with van der Waals surface area (Å²) < 4.78 is 7.04. The van der Waals surface area contributed by atoms with E-state index < -0.39 is 0 Å². The maximum atomic E-state index is 12.2. The third-order valence-corrected chi connectivity index (χ3v) is 3.07. The lowest BCUT2D eigenvalue weighted by Gasteiger charge is -2.08. The number of ether oxygens (including phenoxy) is 1. The van der Waals surface area contributed by atoms with Gasteiger partial charge in [0.2, 0.25) is 0 Å². The van der Waals surface area contributed by atoms with Crippen LogP contribution in [0.3, 0.4) is 0 Å². The van der Waals surface area contributed by atoms with Crippen LogP contribution in [0.4, 0.5) is 5.69 Å². The minimum Gasteiger partial charge on any atom is -0.486 e. The molecule has 0 saturated heterocycles. The molecule has 1 aromatic carbocycles. The molecule has 0 fully saturated rings. The molecule has 21 heavy (non-hydrogen) atoms. The Morgan fingerprint density at radius 2 is 2.29 bits per heavy atom. The Bertz CT molecular complexity index is 681. The highest BCUT2D eigenvalue weighted by atomic mass is 32.1. The molecule has 2 aromatic rings. The Kier molecular flexibility index (Phi) is 4.54. The Morgan fingerprint density at radius 1 is 1.52 bits per heavy atom. The molecule has 1 aromatic heterocycles. The molecule has 0 aliphatic rings. The summed E-state index contributed by atoms with van der Waals surface area (Å²) >= 11 is 4.75. The van der Waals surface area contributed by atoms with Crippen LogP contribution >= 0.6 is 12.2 Å². The van der Waals surface area contributed by atoms with Crippen LogP contribution in [0.1, 0.15) is 16.1 Å². The first-order chi connectivity index (χ1) is 9.97. The Hall–Kier alpha value is -2.41. The number of thiocarbonyl (C=S) groups is 1. The summed E-state index contributed by atoms with van der Waals surface area (Å²) in [5.41, 5.74) is 7.34. The van der Waals surface area contributed by atoms with E-state index in [9.17, 15) is 4.79 Å². The van der Waals surface area contributed by atoms with Crippen molar-refractivity contribution in [2.75, 3.05) is 11.9 Å². The van der Waals surface area contributed by atoms with Gasteiger partial charge >= 0.3 is 0 Å². The summed E-state index contributed by atoms with van der Waals surface area (Å²) in [7, 11) is 1.79. The van der Waals surface area contributed by atoms with Crippen LogP contribution in [-0.4, -0.2) is 27.3 Å². The zero-order valence-corrected chi connectivity index (χ0v) is 12.6. The molecule has 0 saturated carbocycles. The number of anilines is 1. The molecule has 2 rings (SSSR count). The molecule has 1 heterocycles. The van der Waals surface area contributed by atoms with Crippen molar-refractivity contribution in [1.82, 2.24) is 9.78 Å². The maximum Gasteiger partial charge on any atom is 0.259 e. The van der Waals surface area contributed by atoms with Gasteiger partial charge in [-0.3, -0.25) is 9.48 Å². The zero-order chi connectivity index (χ0) is 15.4. The highest BCUT2D eigenvalue weighted by Gasteiger charge is 2.13. The van der Waals surface area contributed by atoms with Crippen molar-refractivity contribution in [1.29, 1.82) is 0 Å². The summed E-state index contributed by atoms with van der Waals surface area (Å²) in [5, 5.41) is 6.85. The number of carbonyl (C=O) groups is 1. The molecular formula is C14H16N4O2S. The lowest BCUT2D eigenvalue weighted by atomic mass is 10.2. The maximum absolute atomic E-state index is 12.2. The van der Waals surface area contributed by atoms with Crippen LogP contribution in [0.15, 0.2) is 30.5 Å². The van der Waals surface area contributed by atoms with Gasteiger partial charge in [0.1, 0.15) is 17.3 Å². The van der Waals surface area contributed by atoms with Crippen LogP contribution in [-0.2, 0) is 7.05 Å². The zero-order valence-electron chi connectivity index (χ0n) is 11.8. The second kappa shape index (κ2) is 6.36. The average Bonchev–Trinajstić information content (AvgIpc) is 2.77. The van der Waals surface area contributed by atoms with Crippen molar-refractivity contribution < 1.29 is 9.53 Å². The van der Waals surface area contributed by atoms with E-state index in [0.717, 1.165) is 5.69 Å². The largest absolute Gasteiger partial charge is 0.486 e. The van der Waals surface area contributed by atoms with Crippen molar-refractivity contribution in [2.24, 2.45) is 12.8 Å². The van der Waals surface area contributed by atoms with E-state index in [0.29, 0.717) is 17.0 Å². The molecule has 0 bridgehead atoms. The Balaban J connectivity index is 2.09. The van der Waals surface area contributed by atoms with Gasteiger partial charge in [0.25, 0.3) is 5.91 Å². The standard InChI is InChI=1S/C14H16N4O2S/c1-9-12(7-16-18(9)2)14(19)17-10-4-3-5-11(6-10)20-8-13(15)21/h3-7H,8H2,1-2H3,(H2,15,21)(H,17,19). The SMILES string of the molecule is Cc1c(C(=O)Nc2cccc(OCC(N)=S)c2)cnn1C. The van der Waals surface area contributed by atoms with Crippen molar-refractivity contribution in [3.63, 3.8) is 0 Å². The number of rotatable bonds is 5. The average molecular weight is 304 g/mol. The van der Waals surface area contributed by atoms with E-state index in [1.807, 2.05) is 6.92 Å². The number of benzene rings is 1. The molecule has 110 valence electrons. The predicted molar refractivity (Wildman–Crippen MR) is 84.6 cm³/mol. The van der Waals surface area contributed by atoms with Gasteiger partial charge < -0.3 is 15.8 Å². The first-order valence-electron chi connectivity index (χ1n) is 6.28. The minimum absolute atomic E-state index is 0.161. The lowest BCUT2D eigenvalue weighted by Crippen LogP contribution is -2.18. The van der Waals surface area contributed by atoms with Crippen LogP contribution in [0.25, 0.3) is 0 Å². The molecule has 0 unspecified atom stereocenters. The van der Waals surface area contributed by atoms with Crippen molar-refractivity contribution in [3.05, 3.63) is 41.7 Å². The number of aryl methyl sites for hydroxylation is 1. The van der Waals surface area contributed by atoms with Gasteiger partial charge in [-0.25, -0.2) is 0 Å². The molecular weight excluding hydrogens is 288 g/mol. The molecule has 0 radical (unpaired) electrons. The Morgan fingerprint density at radius 3 is 2.90 bits per heavy atom. The van der Waals surface area contributed by atoms with E-state index in [1.54, 1.807) is 36.0 Å². The first kappa shape index (κ1) is 15.0. The molecule has 0 atom stereocenters. The third kappa shape index (κ3) is 3.79. The van der Waals surface area contributed by atoms with Crippen LogP contribution in [0.5, 0.6) is 5.75 Å². The van der Waals surface area contributed by atoms with E-state index >= 15 is 0 Å². The van der Waals surface area contributed by atoms with Gasteiger partial charge in [-0.05, 0) is 19.1 Å². The van der Waals surface area contributed by atoms with Crippen molar-refractivity contribution in [3.8, 4) is 5.75 Å². The smallest absolute Gasteiger partial charge is 0.259 e. The quantitative estimate of drug-likeness (QED) is 0.821.